The lowest BCUT2D eigenvalue weighted by atomic mass is 10.1. The Labute approximate surface area is 159 Å². The SMILES string of the molecule is CC(=O)Nc1ccc(N=C2NC(=O)/C(=C/c3ccc(C(=O)O)cc3)S2)cc1. The first kappa shape index (κ1) is 18.4. The van der Waals surface area contributed by atoms with Gasteiger partial charge in [0.15, 0.2) is 5.17 Å². The van der Waals surface area contributed by atoms with Crippen LogP contribution in [0.2, 0.25) is 0 Å². The van der Waals surface area contributed by atoms with E-state index in [1.165, 1.54) is 30.8 Å². The minimum Gasteiger partial charge on any atom is -0.478 e. The van der Waals surface area contributed by atoms with Crippen molar-refractivity contribution in [3.8, 4) is 0 Å². The number of thioether (sulfide) groups is 1. The molecule has 2 amide bonds. The molecule has 3 rings (SSSR count). The summed E-state index contributed by atoms with van der Waals surface area (Å²) in [4.78, 5) is 38.9. The highest BCUT2D eigenvalue weighted by molar-refractivity contribution is 8.18. The van der Waals surface area contributed by atoms with Crippen LogP contribution in [-0.4, -0.2) is 28.1 Å². The molecule has 0 saturated carbocycles. The third-order valence-corrected chi connectivity index (χ3v) is 4.43. The van der Waals surface area contributed by atoms with E-state index < -0.39 is 5.97 Å². The highest BCUT2D eigenvalue weighted by Crippen LogP contribution is 2.28. The number of anilines is 1. The van der Waals surface area contributed by atoms with E-state index in [1.54, 1.807) is 42.5 Å². The summed E-state index contributed by atoms with van der Waals surface area (Å²) in [5.41, 5.74) is 2.21. The van der Waals surface area contributed by atoms with Gasteiger partial charge in [-0.25, -0.2) is 9.79 Å². The van der Waals surface area contributed by atoms with Crippen LogP contribution in [0, 0.1) is 0 Å². The molecule has 7 nitrogen and oxygen atoms in total. The molecule has 0 aliphatic carbocycles. The Morgan fingerprint density at radius 3 is 2.37 bits per heavy atom. The van der Waals surface area contributed by atoms with Gasteiger partial charge < -0.3 is 15.7 Å². The Bertz CT molecular complexity index is 963. The zero-order chi connectivity index (χ0) is 19.4. The molecule has 2 aromatic carbocycles. The standard InChI is InChI=1S/C19H15N3O4S/c1-11(23)20-14-6-8-15(9-7-14)21-19-22-17(24)16(27-19)10-12-2-4-13(5-3-12)18(25)26/h2-10H,1H3,(H,20,23)(H,25,26)(H,21,22,24)/b16-10-. The lowest BCUT2D eigenvalue weighted by molar-refractivity contribution is -0.115. The average Bonchev–Trinajstić information content (AvgIpc) is 2.96. The van der Waals surface area contributed by atoms with Gasteiger partial charge in [0.1, 0.15) is 0 Å². The van der Waals surface area contributed by atoms with Gasteiger partial charge in [-0.1, -0.05) is 12.1 Å². The van der Waals surface area contributed by atoms with Gasteiger partial charge in [-0.05, 0) is 59.8 Å². The lowest BCUT2D eigenvalue weighted by Crippen LogP contribution is -2.19. The normalized spacial score (nSPS) is 16.4. The van der Waals surface area contributed by atoms with E-state index in [1.807, 2.05) is 0 Å². The molecule has 136 valence electrons. The van der Waals surface area contributed by atoms with E-state index >= 15 is 0 Å². The van der Waals surface area contributed by atoms with Gasteiger partial charge in [0.25, 0.3) is 5.91 Å². The van der Waals surface area contributed by atoms with Crippen molar-refractivity contribution in [3.63, 3.8) is 0 Å². The van der Waals surface area contributed by atoms with Crippen LogP contribution in [-0.2, 0) is 9.59 Å². The van der Waals surface area contributed by atoms with Crippen LogP contribution in [0.1, 0.15) is 22.8 Å². The van der Waals surface area contributed by atoms with Gasteiger partial charge >= 0.3 is 5.97 Å². The fourth-order valence-electron chi connectivity index (χ4n) is 2.29. The van der Waals surface area contributed by atoms with Crippen molar-refractivity contribution in [3.05, 3.63) is 64.6 Å². The molecule has 0 bridgehead atoms. The highest BCUT2D eigenvalue weighted by atomic mass is 32.2. The zero-order valence-corrected chi connectivity index (χ0v) is 15.0. The number of aliphatic imine (C=N–C) groups is 1. The third kappa shape index (κ3) is 4.83. The monoisotopic (exact) mass is 381 g/mol. The quantitative estimate of drug-likeness (QED) is 0.705. The second-order valence-corrected chi connectivity index (χ2v) is 6.67. The van der Waals surface area contributed by atoms with E-state index in [-0.39, 0.29) is 17.4 Å². The molecular weight excluding hydrogens is 366 g/mol. The van der Waals surface area contributed by atoms with Crippen molar-refractivity contribution >= 4 is 52.2 Å². The molecule has 27 heavy (non-hydrogen) atoms. The molecule has 1 aliphatic heterocycles. The molecule has 0 radical (unpaired) electrons. The zero-order valence-electron chi connectivity index (χ0n) is 14.2. The lowest BCUT2D eigenvalue weighted by Gasteiger charge is -2.02. The summed E-state index contributed by atoms with van der Waals surface area (Å²) in [5.74, 6) is -1.42. The van der Waals surface area contributed by atoms with Crippen LogP contribution in [0.25, 0.3) is 6.08 Å². The molecular formula is C19H15N3O4S. The first-order valence-corrected chi connectivity index (χ1v) is 8.73. The Kier molecular flexibility index (Phi) is 5.37. The maximum Gasteiger partial charge on any atom is 0.335 e. The van der Waals surface area contributed by atoms with Crippen molar-refractivity contribution in [1.29, 1.82) is 0 Å². The number of aromatic carboxylic acids is 1. The van der Waals surface area contributed by atoms with Crippen LogP contribution in [0.5, 0.6) is 0 Å². The predicted octanol–water partition coefficient (Wildman–Crippen LogP) is 3.23. The van der Waals surface area contributed by atoms with Crippen LogP contribution in [0.15, 0.2) is 58.4 Å². The van der Waals surface area contributed by atoms with Gasteiger partial charge in [0.2, 0.25) is 5.91 Å². The van der Waals surface area contributed by atoms with Gasteiger partial charge in [0, 0.05) is 12.6 Å². The van der Waals surface area contributed by atoms with E-state index in [9.17, 15) is 14.4 Å². The van der Waals surface area contributed by atoms with Gasteiger partial charge in [0.05, 0.1) is 16.2 Å². The largest absolute Gasteiger partial charge is 0.478 e. The topological polar surface area (TPSA) is 108 Å². The second-order valence-electron chi connectivity index (χ2n) is 5.64. The number of benzene rings is 2. The summed E-state index contributed by atoms with van der Waals surface area (Å²) in [7, 11) is 0. The van der Waals surface area contributed by atoms with Crippen molar-refractivity contribution in [1.82, 2.24) is 5.32 Å². The summed E-state index contributed by atoms with van der Waals surface area (Å²) >= 11 is 1.20. The van der Waals surface area contributed by atoms with Gasteiger partial charge in [-0.15, -0.1) is 0 Å². The maximum absolute atomic E-state index is 12.1. The molecule has 8 heteroatoms. The number of nitrogens with zero attached hydrogens (tertiary/aromatic N) is 1. The minimum absolute atomic E-state index is 0.154. The summed E-state index contributed by atoms with van der Waals surface area (Å²) in [5, 5.41) is 14.7. The molecule has 1 fully saturated rings. The summed E-state index contributed by atoms with van der Waals surface area (Å²) in [6.07, 6.45) is 1.67. The van der Waals surface area contributed by atoms with Crippen LogP contribution in [0.3, 0.4) is 0 Å². The molecule has 1 aliphatic rings. The number of carboxylic acid groups (broad SMARTS) is 1. The fourth-order valence-corrected chi connectivity index (χ4v) is 3.14. The van der Waals surface area contributed by atoms with Crippen LogP contribution >= 0.6 is 11.8 Å². The van der Waals surface area contributed by atoms with E-state index in [2.05, 4.69) is 15.6 Å². The number of amides is 2. The third-order valence-electron chi connectivity index (χ3n) is 3.52. The fraction of sp³-hybridized carbons (Fsp3) is 0.0526. The molecule has 1 saturated heterocycles. The van der Waals surface area contributed by atoms with Crippen LogP contribution in [0.4, 0.5) is 11.4 Å². The van der Waals surface area contributed by atoms with Gasteiger partial charge in [-0.2, -0.15) is 0 Å². The Hall–Kier alpha value is -3.39. The van der Waals surface area contributed by atoms with Crippen molar-refractivity contribution < 1.29 is 19.5 Å². The first-order valence-electron chi connectivity index (χ1n) is 7.91. The molecule has 2 aromatic rings. The van der Waals surface area contributed by atoms with Gasteiger partial charge in [-0.3, -0.25) is 9.59 Å². The summed E-state index contributed by atoms with van der Waals surface area (Å²) in [6, 6.07) is 13.2. The van der Waals surface area contributed by atoms with Crippen LogP contribution < -0.4 is 10.6 Å². The average molecular weight is 381 g/mol. The highest BCUT2D eigenvalue weighted by Gasteiger charge is 2.23. The number of carbonyl (C=O) groups excluding carboxylic acids is 2. The molecule has 0 aromatic heterocycles. The molecule has 3 N–H and O–H groups in total. The smallest absolute Gasteiger partial charge is 0.335 e. The summed E-state index contributed by atoms with van der Waals surface area (Å²) in [6.45, 7) is 1.43. The number of amidine groups is 1. The van der Waals surface area contributed by atoms with E-state index in [0.717, 1.165) is 5.56 Å². The maximum atomic E-state index is 12.1. The number of carbonyl (C=O) groups is 3. The summed E-state index contributed by atoms with van der Waals surface area (Å²) < 4.78 is 0. The van der Waals surface area contributed by atoms with E-state index in [4.69, 9.17) is 5.11 Å². The number of rotatable bonds is 4. The van der Waals surface area contributed by atoms with Crippen molar-refractivity contribution in [2.75, 3.05) is 5.32 Å². The number of hydrogen-bond acceptors (Lipinski definition) is 5. The van der Waals surface area contributed by atoms with Crippen molar-refractivity contribution in [2.45, 2.75) is 6.92 Å². The minimum atomic E-state index is -0.999. The second kappa shape index (κ2) is 7.88. The van der Waals surface area contributed by atoms with E-state index in [0.29, 0.717) is 21.4 Å². The molecule has 0 spiro atoms. The number of carboxylic acids is 1. The molecule has 0 atom stereocenters. The number of nitrogens with one attached hydrogen (secondary N) is 2. The Balaban J connectivity index is 1.73. The van der Waals surface area contributed by atoms with Crippen molar-refractivity contribution in [2.24, 2.45) is 4.99 Å². The first-order chi connectivity index (χ1) is 12.9. The Morgan fingerprint density at radius 1 is 1.11 bits per heavy atom. The molecule has 0 unspecified atom stereocenters. The number of hydrogen-bond donors (Lipinski definition) is 3. The predicted molar refractivity (Wildman–Crippen MR) is 105 cm³/mol. The Morgan fingerprint density at radius 2 is 1.78 bits per heavy atom. The molecule has 1 heterocycles.